The summed E-state index contributed by atoms with van der Waals surface area (Å²) in [5.41, 5.74) is 0.647. The van der Waals surface area contributed by atoms with E-state index in [4.69, 9.17) is 0 Å². The van der Waals surface area contributed by atoms with Crippen molar-refractivity contribution in [3.8, 4) is 0 Å². The number of para-hydroxylation sites is 1. The van der Waals surface area contributed by atoms with Gasteiger partial charge in [-0.25, -0.2) is 4.79 Å². The molecular formula is C11H11N3O. The molecule has 0 radical (unpaired) electrons. The van der Waals surface area contributed by atoms with Crippen LogP contribution in [0.15, 0.2) is 47.4 Å². The maximum absolute atomic E-state index is 11.2. The number of benzene rings is 1. The molecule has 0 fully saturated rings. The molecule has 0 spiro atoms. The molecule has 76 valence electrons. The van der Waals surface area contributed by atoms with E-state index < -0.39 is 0 Å². The van der Waals surface area contributed by atoms with Gasteiger partial charge >= 0.3 is 5.69 Å². The van der Waals surface area contributed by atoms with Crippen molar-refractivity contribution >= 4 is 11.5 Å². The van der Waals surface area contributed by atoms with Crippen LogP contribution >= 0.6 is 0 Å². The lowest BCUT2D eigenvalue weighted by molar-refractivity contribution is 0.813. The van der Waals surface area contributed by atoms with Crippen LogP contribution in [0.2, 0.25) is 0 Å². The molecule has 4 nitrogen and oxygen atoms in total. The molecular weight excluding hydrogens is 190 g/mol. The summed E-state index contributed by atoms with van der Waals surface area (Å²) < 4.78 is 1.43. The molecule has 1 heterocycles. The van der Waals surface area contributed by atoms with Gasteiger partial charge in [0.15, 0.2) is 0 Å². The fourth-order valence-electron chi connectivity index (χ4n) is 1.20. The highest BCUT2D eigenvalue weighted by Crippen LogP contribution is 2.11. The number of anilines is 2. The summed E-state index contributed by atoms with van der Waals surface area (Å²) in [6.45, 7) is 0. The van der Waals surface area contributed by atoms with Gasteiger partial charge < -0.3 is 9.88 Å². The highest BCUT2D eigenvalue weighted by molar-refractivity contribution is 5.54. The maximum atomic E-state index is 11.2. The third-order valence-corrected chi connectivity index (χ3v) is 2.02. The van der Waals surface area contributed by atoms with Gasteiger partial charge in [-0.3, -0.25) is 0 Å². The molecule has 0 bridgehead atoms. The Bertz CT molecular complexity index is 505. The first-order valence-electron chi connectivity index (χ1n) is 4.61. The lowest BCUT2D eigenvalue weighted by Crippen LogP contribution is -2.19. The molecule has 0 unspecified atom stereocenters. The summed E-state index contributed by atoms with van der Waals surface area (Å²) in [5, 5.41) is 3.05. The zero-order valence-electron chi connectivity index (χ0n) is 8.34. The SMILES string of the molecule is Cn1ccc(Nc2ccccc2)nc1=O. The molecule has 15 heavy (non-hydrogen) atoms. The molecule has 0 amide bonds. The minimum Gasteiger partial charge on any atom is -0.340 e. The van der Waals surface area contributed by atoms with Crippen molar-refractivity contribution in [1.82, 2.24) is 9.55 Å². The highest BCUT2D eigenvalue weighted by Gasteiger charge is 1.96. The van der Waals surface area contributed by atoms with E-state index in [1.54, 1.807) is 19.3 Å². The number of hydrogen-bond donors (Lipinski definition) is 1. The van der Waals surface area contributed by atoms with Gasteiger partial charge in [0.1, 0.15) is 5.82 Å². The predicted octanol–water partition coefficient (Wildman–Crippen LogP) is 1.52. The van der Waals surface area contributed by atoms with Crippen LogP contribution in [0.5, 0.6) is 0 Å². The normalized spacial score (nSPS) is 9.93. The Kier molecular flexibility index (Phi) is 2.49. The van der Waals surface area contributed by atoms with Crippen LogP contribution in [-0.2, 0) is 7.05 Å². The molecule has 0 saturated heterocycles. The van der Waals surface area contributed by atoms with Crippen molar-refractivity contribution < 1.29 is 0 Å². The number of aromatic nitrogens is 2. The quantitative estimate of drug-likeness (QED) is 0.801. The largest absolute Gasteiger partial charge is 0.349 e. The zero-order chi connectivity index (χ0) is 10.7. The number of aryl methyl sites for hydroxylation is 1. The van der Waals surface area contributed by atoms with Gasteiger partial charge in [0.25, 0.3) is 0 Å². The van der Waals surface area contributed by atoms with Gasteiger partial charge in [0.05, 0.1) is 0 Å². The fraction of sp³-hybridized carbons (Fsp3) is 0.0909. The van der Waals surface area contributed by atoms with Gasteiger partial charge in [0.2, 0.25) is 0 Å². The van der Waals surface area contributed by atoms with E-state index in [1.165, 1.54) is 4.57 Å². The number of nitrogens with zero attached hydrogens (tertiary/aromatic N) is 2. The molecule has 0 aliphatic carbocycles. The zero-order valence-corrected chi connectivity index (χ0v) is 8.34. The average Bonchev–Trinajstić information content (AvgIpc) is 2.25. The molecule has 1 aromatic heterocycles. The first kappa shape index (κ1) is 9.45. The molecule has 0 atom stereocenters. The highest BCUT2D eigenvalue weighted by atomic mass is 16.1. The van der Waals surface area contributed by atoms with Crippen LogP contribution in [0.1, 0.15) is 0 Å². The van der Waals surface area contributed by atoms with E-state index in [0.717, 1.165) is 5.69 Å². The number of nitrogens with one attached hydrogen (secondary N) is 1. The van der Waals surface area contributed by atoms with Crippen LogP contribution in [-0.4, -0.2) is 9.55 Å². The molecule has 0 saturated carbocycles. The molecule has 2 aromatic rings. The van der Waals surface area contributed by atoms with Crippen LogP contribution < -0.4 is 11.0 Å². The first-order valence-corrected chi connectivity index (χ1v) is 4.61. The van der Waals surface area contributed by atoms with Crippen molar-refractivity contribution in [2.45, 2.75) is 0 Å². The Morgan fingerprint density at radius 3 is 2.60 bits per heavy atom. The lowest BCUT2D eigenvalue weighted by atomic mass is 10.3. The monoisotopic (exact) mass is 201 g/mol. The predicted molar refractivity (Wildman–Crippen MR) is 59.2 cm³/mol. The van der Waals surface area contributed by atoms with E-state index in [1.807, 2.05) is 30.3 Å². The summed E-state index contributed by atoms with van der Waals surface area (Å²) in [7, 11) is 1.67. The summed E-state index contributed by atoms with van der Waals surface area (Å²) in [4.78, 5) is 15.1. The topological polar surface area (TPSA) is 46.9 Å². The van der Waals surface area contributed by atoms with Crippen molar-refractivity contribution in [1.29, 1.82) is 0 Å². The summed E-state index contributed by atoms with van der Waals surface area (Å²) in [6.07, 6.45) is 1.68. The molecule has 0 aliphatic heterocycles. The van der Waals surface area contributed by atoms with Gasteiger partial charge in [-0.1, -0.05) is 18.2 Å². The van der Waals surface area contributed by atoms with Crippen LogP contribution in [0.3, 0.4) is 0 Å². The van der Waals surface area contributed by atoms with E-state index in [9.17, 15) is 4.79 Å². The average molecular weight is 201 g/mol. The molecule has 1 N–H and O–H groups in total. The first-order chi connectivity index (χ1) is 7.25. The van der Waals surface area contributed by atoms with Crippen molar-refractivity contribution in [3.05, 3.63) is 53.1 Å². The number of rotatable bonds is 2. The Morgan fingerprint density at radius 2 is 1.93 bits per heavy atom. The minimum atomic E-state index is -0.268. The van der Waals surface area contributed by atoms with Crippen molar-refractivity contribution in [2.75, 3.05) is 5.32 Å². The Labute approximate surface area is 87.2 Å². The van der Waals surface area contributed by atoms with Crippen molar-refractivity contribution in [2.24, 2.45) is 7.05 Å². The second-order valence-corrected chi connectivity index (χ2v) is 3.20. The molecule has 4 heteroatoms. The second kappa shape index (κ2) is 3.96. The third-order valence-electron chi connectivity index (χ3n) is 2.02. The standard InChI is InChI=1S/C11H11N3O/c1-14-8-7-10(13-11(14)15)12-9-5-3-2-4-6-9/h2-8H,1H3,(H,12,13,15). The van der Waals surface area contributed by atoms with Crippen LogP contribution in [0.4, 0.5) is 11.5 Å². The minimum absolute atomic E-state index is 0.268. The Balaban J connectivity index is 2.26. The fourth-order valence-corrected chi connectivity index (χ4v) is 1.20. The van der Waals surface area contributed by atoms with Gasteiger partial charge in [0, 0.05) is 18.9 Å². The van der Waals surface area contributed by atoms with E-state index in [2.05, 4.69) is 10.3 Å². The number of hydrogen-bond acceptors (Lipinski definition) is 3. The van der Waals surface area contributed by atoms with Crippen molar-refractivity contribution in [3.63, 3.8) is 0 Å². The second-order valence-electron chi connectivity index (χ2n) is 3.20. The molecule has 0 aliphatic rings. The summed E-state index contributed by atoms with van der Waals surface area (Å²) >= 11 is 0. The summed E-state index contributed by atoms with van der Waals surface area (Å²) in [6, 6.07) is 11.4. The maximum Gasteiger partial charge on any atom is 0.349 e. The van der Waals surface area contributed by atoms with E-state index in [0.29, 0.717) is 5.82 Å². The smallest absolute Gasteiger partial charge is 0.340 e. The van der Waals surface area contributed by atoms with Crippen LogP contribution in [0.25, 0.3) is 0 Å². The van der Waals surface area contributed by atoms with Crippen LogP contribution in [0, 0.1) is 0 Å². The third kappa shape index (κ3) is 2.22. The Morgan fingerprint density at radius 1 is 1.20 bits per heavy atom. The van der Waals surface area contributed by atoms with Gasteiger partial charge in [-0.15, -0.1) is 0 Å². The van der Waals surface area contributed by atoms with E-state index >= 15 is 0 Å². The summed E-state index contributed by atoms with van der Waals surface area (Å²) in [5.74, 6) is 0.560. The van der Waals surface area contributed by atoms with Gasteiger partial charge in [-0.05, 0) is 18.2 Å². The molecule has 2 rings (SSSR count). The molecule has 1 aromatic carbocycles. The Hall–Kier alpha value is -2.10. The van der Waals surface area contributed by atoms with Gasteiger partial charge in [-0.2, -0.15) is 4.98 Å². The van der Waals surface area contributed by atoms with E-state index in [-0.39, 0.29) is 5.69 Å². The lowest BCUT2D eigenvalue weighted by Gasteiger charge is -2.04.